The number of halogens is 2. The maximum Gasteiger partial charge on any atom is 0.343 e. The number of benzene rings is 1. The summed E-state index contributed by atoms with van der Waals surface area (Å²) in [5.74, 6) is -0.702. The van der Waals surface area contributed by atoms with E-state index in [1.54, 1.807) is 0 Å². The Morgan fingerprint density at radius 1 is 0.900 bits per heavy atom. The number of carbonyl (C=O) groups excluding carboxylic acids is 2. The van der Waals surface area contributed by atoms with E-state index in [4.69, 9.17) is 32.7 Å². The summed E-state index contributed by atoms with van der Waals surface area (Å²) in [5, 5.41) is 0.358. The lowest BCUT2D eigenvalue weighted by Gasteiger charge is -2.11. The molecule has 0 saturated heterocycles. The van der Waals surface area contributed by atoms with Crippen molar-refractivity contribution in [3.05, 3.63) is 22.2 Å². The molecule has 6 nitrogen and oxygen atoms in total. The van der Waals surface area contributed by atoms with Crippen LogP contribution in [-0.2, 0) is 19.1 Å². The van der Waals surface area contributed by atoms with Crippen LogP contribution in [0.25, 0.3) is 0 Å². The Balaban J connectivity index is 2.75. The van der Waals surface area contributed by atoms with E-state index >= 15 is 0 Å². The van der Waals surface area contributed by atoms with Gasteiger partial charge in [0.2, 0.25) is 0 Å². The summed E-state index contributed by atoms with van der Waals surface area (Å²) in [5.41, 5.74) is 0. The summed E-state index contributed by atoms with van der Waals surface area (Å²) < 4.78 is 19.1. The monoisotopic (exact) mass is 322 g/mol. The maximum atomic E-state index is 11.0. The Kier molecular flexibility index (Phi) is 6.41. The van der Waals surface area contributed by atoms with E-state index in [0.29, 0.717) is 0 Å². The lowest BCUT2D eigenvalue weighted by Crippen LogP contribution is -2.13. The third-order valence-electron chi connectivity index (χ3n) is 2.13. The second kappa shape index (κ2) is 7.81. The Morgan fingerprint density at radius 3 is 1.55 bits per heavy atom. The van der Waals surface area contributed by atoms with Gasteiger partial charge in [0.15, 0.2) is 13.2 Å². The fourth-order valence-electron chi connectivity index (χ4n) is 1.12. The van der Waals surface area contributed by atoms with Crippen LogP contribution in [0.15, 0.2) is 12.1 Å². The molecule has 8 heteroatoms. The quantitative estimate of drug-likeness (QED) is 0.747. The molecule has 1 aromatic carbocycles. The molecular weight excluding hydrogens is 311 g/mol. The van der Waals surface area contributed by atoms with E-state index < -0.39 is 11.9 Å². The van der Waals surface area contributed by atoms with Gasteiger partial charge in [0, 0.05) is 12.1 Å². The van der Waals surface area contributed by atoms with Crippen molar-refractivity contribution in [2.75, 3.05) is 27.4 Å². The summed E-state index contributed by atoms with van der Waals surface area (Å²) in [7, 11) is 2.48. The van der Waals surface area contributed by atoms with E-state index in [1.807, 2.05) is 0 Å². The van der Waals surface area contributed by atoms with Crippen LogP contribution in [0.4, 0.5) is 0 Å². The van der Waals surface area contributed by atoms with Gasteiger partial charge in [0.25, 0.3) is 0 Å². The molecule has 0 aliphatic carbocycles. The van der Waals surface area contributed by atoms with Gasteiger partial charge in [-0.1, -0.05) is 23.2 Å². The minimum atomic E-state index is -0.553. The molecule has 0 aliphatic rings. The summed E-state index contributed by atoms with van der Waals surface area (Å²) in [4.78, 5) is 21.9. The van der Waals surface area contributed by atoms with Gasteiger partial charge < -0.3 is 18.9 Å². The SMILES string of the molecule is COC(=O)COc1cc(Cl)c(OCC(=O)OC)cc1Cl. The third-order valence-corrected chi connectivity index (χ3v) is 2.72. The average molecular weight is 323 g/mol. The van der Waals surface area contributed by atoms with E-state index in [0.717, 1.165) is 0 Å². The fourth-order valence-corrected chi connectivity index (χ4v) is 1.54. The minimum Gasteiger partial charge on any atom is -0.480 e. The predicted octanol–water partition coefficient (Wildman–Crippen LogP) is 2.10. The van der Waals surface area contributed by atoms with Crippen molar-refractivity contribution in [2.45, 2.75) is 0 Å². The second-order valence-electron chi connectivity index (χ2n) is 3.44. The molecule has 0 amide bonds. The molecule has 0 bridgehead atoms. The van der Waals surface area contributed by atoms with Gasteiger partial charge in [-0.15, -0.1) is 0 Å². The zero-order valence-electron chi connectivity index (χ0n) is 10.8. The summed E-state index contributed by atoms with van der Waals surface area (Å²) in [6, 6.07) is 2.75. The third kappa shape index (κ3) is 4.79. The van der Waals surface area contributed by atoms with Gasteiger partial charge in [-0.05, 0) is 0 Å². The molecule has 0 spiro atoms. The van der Waals surface area contributed by atoms with Crippen LogP contribution in [0.5, 0.6) is 11.5 Å². The highest BCUT2D eigenvalue weighted by Crippen LogP contribution is 2.35. The van der Waals surface area contributed by atoms with Crippen molar-refractivity contribution in [3.63, 3.8) is 0 Å². The van der Waals surface area contributed by atoms with Crippen LogP contribution in [0.3, 0.4) is 0 Å². The number of methoxy groups -OCH3 is 2. The van der Waals surface area contributed by atoms with Crippen LogP contribution in [0.2, 0.25) is 10.0 Å². The highest BCUT2D eigenvalue weighted by Gasteiger charge is 2.12. The Hall–Kier alpha value is -1.66. The van der Waals surface area contributed by atoms with E-state index in [-0.39, 0.29) is 34.8 Å². The molecule has 0 saturated carbocycles. The Morgan fingerprint density at radius 2 is 1.25 bits per heavy atom. The molecule has 0 unspecified atom stereocenters. The largest absolute Gasteiger partial charge is 0.480 e. The van der Waals surface area contributed by atoms with Crippen molar-refractivity contribution in [2.24, 2.45) is 0 Å². The van der Waals surface area contributed by atoms with Gasteiger partial charge in [-0.25, -0.2) is 9.59 Å². The topological polar surface area (TPSA) is 71.1 Å². The zero-order valence-corrected chi connectivity index (χ0v) is 12.3. The summed E-state index contributed by atoms with van der Waals surface area (Å²) in [6.45, 7) is -0.593. The smallest absolute Gasteiger partial charge is 0.343 e. The highest BCUT2D eigenvalue weighted by atomic mass is 35.5. The number of esters is 2. The van der Waals surface area contributed by atoms with Gasteiger partial charge >= 0.3 is 11.9 Å². The first-order valence-corrected chi connectivity index (χ1v) is 6.11. The number of ether oxygens (including phenoxy) is 4. The number of hydrogen-bond donors (Lipinski definition) is 0. The summed E-state index contributed by atoms with van der Waals surface area (Å²) >= 11 is 11.9. The van der Waals surface area contributed by atoms with Crippen LogP contribution >= 0.6 is 23.2 Å². The van der Waals surface area contributed by atoms with Crippen LogP contribution in [0, 0.1) is 0 Å². The molecule has 0 atom stereocenters. The first-order valence-electron chi connectivity index (χ1n) is 5.36. The highest BCUT2D eigenvalue weighted by molar-refractivity contribution is 6.35. The molecule has 20 heavy (non-hydrogen) atoms. The van der Waals surface area contributed by atoms with E-state index in [1.165, 1.54) is 26.4 Å². The number of carbonyl (C=O) groups is 2. The van der Waals surface area contributed by atoms with Crippen molar-refractivity contribution in [3.8, 4) is 11.5 Å². The van der Waals surface area contributed by atoms with E-state index in [2.05, 4.69) is 9.47 Å². The fraction of sp³-hybridized carbons (Fsp3) is 0.333. The first-order chi connectivity index (χ1) is 9.47. The molecule has 1 rings (SSSR count). The Labute approximate surface area is 125 Å². The maximum absolute atomic E-state index is 11.0. The lowest BCUT2D eigenvalue weighted by molar-refractivity contribution is -0.143. The summed E-state index contributed by atoms with van der Waals surface area (Å²) in [6.07, 6.45) is 0. The van der Waals surface area contributed by atoms with Crippen LogP contribution < -0.4 is 9.47 Å². The first kappa shape index (κ1) is 16.4. The molecule has 110 valence electrons. The molecule has 0 radical (unpaired) electrons. The lowest BCUT2D eigenvalue weighted by atomic mass is 10.3. The van der Waals surface area contributed by atoms with Crippen molar-refractivity contribution in [1.29, 1.82) is 0 Å². The van der Waals surface area contributed by atoms with Crippen LogP contribution in [-0.4, -0.2) is 39.4 Å². The predicted molar refractivity (Wildman–Crippen MR) is 71.5 cm³/mol. The van der Waals surface area contributed by atoms with Crippen molar-refractivity contribution in [1.82, 2.24) is 0 Å². The van der Waals surface area contributed by atoms with Crippen molar-refractivity contribution < 1.29 is 28.5 Å². The second-order valence-corrected chi connectivity index (χ2v) is 4.26. The molecule has 0 fully saturated rings. The minimum absolute atomic E-state index is 0.179. The zero-order chi connectivity index (χ0) is 15.1. The van der Waals surface area contributed by atoms with Crippen LogP contribution in [0.1, 0.15) is 0 Å². The molecule has 0 aliphatic heterocycles. The van der Waals surface area contributed by atoms with Gasteiger partial charge in [-0.3, -0.25) is 0 Å². The molecule has 0 aromatic heterocycles. The molecule has 1 aromatic rings. The average Bonchev–Trinajstić information content (AvgIpc) is 2.45. The molecule has 0 heterocycles. The Bertz CT molecular complexity index is 457. The van der Waals surface area contributed by atoms with Gasteiger partial charge in [0.05, 0.1) is 24.3 Å². The molecular formula is C12H12Cl2O6. The molecule has 0 N–H and O–H groups in total. The standard InChI is InChI=1S/C12H12Cl2O6/c1-17-11(15)5-19-9-3-8(14)10(4-7(9)13)20-6-12(16)18-2/h3-4H,5-6H2,1-2H3. The van der Waals surface area contributed by atoms with Gasteiger partial charge in [0.1, 0.15) is 11.5 Å². The number of rotatable bonds is 6. The van der Waals surface area contributed by atoms with Crippen molar-refractivity contribution >= 4 is 35.1 Å². The van der Waals surface area contributed by atoms with E-state index in [9.17, 15) is 9.59 Å². The normalized spacial score (nSPS) is 9.80. The van der Waals surface area contributed by atoms with Gasteiger partial charge in [-0.2, -0.15) is 0 Å². The number of hydrogen-bond acceptors (Lipinski definition) is 6.